The minimum Gasteiger partial charge on any atom is -0.496 e. The zero-order valence-corrected chi connectivity index (χ0v) is 19.0. The molecule has 4 aromatic rings. The van der Waals surface area contributed by atoms with Crippen LogP contribution in [0.4, 0.5) is 5.69 Å². The van der Waals surface area contributed by atoms with Crippen molar-refractivity contribution < 1.29 is 13.9 Å². The summed E-state index contributed by atoms with van der Waals surface area (Å²) < 4.78 is 12.8. The maximum absolute atomic E-state index is 12.7. The van der Waals surface area contributed by atoms with Crippen molar-refractivity contribution in [3.63, 3.8) is 0 Å². The van der Waals surface area contributed by atoms with Gasteiger partial charge in [-0.05, 0) is 44.2 Å². The van der Waals surface area contributed by atoms with Gasteiger partial charge in [-0.3, -0.25) is 4.79 Å². The number of carbonyl (C=O) groups is 1. The number of nitrogens with one attached hydrogen (secondary N) is 1. The molecule has 0 saturated heterocycles. The molecule has 0 spiro atoms. The molecule has 0 aliphatic heterocycles. The van der Waals surface area contributed by atoms with Crippen molar-refractivity contribution in [1.82, 2.24) is 20.0 Å². The lowest BCUT2D eigenvalue weighted by atomic mass is 10.2. The second kappa shape index (κ2) is 9.02. The average molecular weight is 472 g/mol. The zero-order valence-electron chi connectivity index (χ0n) is 17.5. The normalized spacial score (nSPS) is 10.9. The molecule has 0 saturated carbocycles. The molecule has 0 aliphatic rings. The standard InChI is InChI=1S/C22H19Cl2N5O3/c1-12-20(21(30)25-14-8-9-16(23)17(24)10-14)27-28-29(12)11-18-13(2)32-22(26-18)15-6-4-5-7-19(15)31-3/h4-10H,11H2,1-3H3,(H,25,30). The lowest BCUT2D eigenvalue weighted by Crippen LogP contribution is -2.14. The van der Waals surface area contributed by atoms with E-state index in [1.54, 1.807) is 36.9 Å². The summed E-state index contributed by atoms with van der Waals surface area (Å²) in [7, 11) is 1.60. The zero-order chi connectivity index (χ0) is 22.8. The van der Waals surface area contributed by atoms with Gasteiger partial charge in [0.25, 0.3) is 5.91 Å². The largest absolute Gasteiger partial charge is 0.496 e. The third-order valence-corrected chi connectivity index (χ3v) is 5.64. The molecule has 8 nitrogen and oxygen atoms in total. The predicted octanol–water partition coefficient (Wildman–Crippen LogP) is 5.17. The van der Waals surface area contributed by atoms with Crippen LogP contribution in [0.3, 0.4) is 0 Å². The molecule has 10 heteroatoms. The number of carbonyl (C=O) groups excluding carboxylic acids is 1. The molecule has 2 aromatic carbocycles. The highest BCUT2D eigenvalue weighted by atomic mass is 35.5. The molecule has 0 unspecified atom stereocenters. The van der Waals surface area contributed by atoms with Crippen molar-refractivity contribution in [2.75, 3.05) is 12.4 Å². The summed E-state index contributed by atoms with van der Waals surface area (Å²) in [5.74, 6) is 1.35. The molecule has 1 N–H and O–H groups in total. The van der Waals surface area contributed by atoms with E-state index in [-0.39, 0.29) is 5.69 Å². The lowest BCUT2D eigenvalue weighted by Gasteiger charge is -2.06. The van der Waals surface area contributed by atoms with E-state index in [0.717, 1.165) is 5.56 Å². The number of benzene rings is 2. The van der Waals surface area contributed by atoms with Gasteiger partial charge in [-0.15, -0.1) is 5.10 Å². The van der Waals surface area contributed by atoms with Gasteiger partial charge in [0, 0.05) is 5.69 Å². The minimum absolute atomic E-state index is 0.196. The highest BCUT2D eigenvalue weighted by Gasteiger charge is 2.20. The molecule has 2 heterocycles. The molecule has 0 bridgehead atoms. The van der Waals surface area contributed by atoms with E-state index in [2.05, 4.69) is 20.6 Å². The monoisotopic (exact) mass is 471 g/mol. The first-order valence-corrected chi connectivity index (χ1v) is 10.4. The Morgan fingerprint density at radius 3 is 2.69 bits per heavy atom. The van der Waals surface area contributed by atoms with Gasteiger partial charge in [-0.2, -0.15) is 0 Å². The van der Waals surface area contributed by atoms with Gasteiger partial charge in [-0.25, -0.2) is 9.67 Å². The number of hydrogen-bond acceptors (Lipinski definition) is 6. The summed E-state index contributed by atoms with van der Waals surface area (Å²) in [4.78, 5) is 17.3. The first-order chi connectivity index (χ1) is 15.4. The van der Waals surface area contributed by atoms with Gasteiger partial charge in [0.1, 0.15) is 17.2 Å². The fourth-order valence-electron chi connectivity index (χ4n) is 3.14. The maximum Gasteiger partial charge on any atom is 0.278 e. The summed E-state index contributed by atoms with van der Waals surface area (Å²) in [6, 6.07) is 12.3. The first-order valence-electron chi connectivity index (χ1n) is 9.63. The SMILES string of the molecule is COc1ccccc1-c1nc(Cn2nnc(C(=O)Nc3ccc(Cl)c(Cl)c3)c2C)c(C)o1. The van der Waals surface area contributed by atoms with Crippen LogP contribution in [0, 0.1) is 13.8 Å². The highest BCUT2D eigenvalue weighted by Crippen LogP contribution is 2.30. The van der Waals surface area contributed by atoms with E-state index in [4.69, 9.17) is 32.4 Å². The van der Waals surface area contributed by atoms with Crippen molar-refractivity contribution >= 4 is 34.8 Å². The van der Waals surface area contributed by atoms with Crippen molar-refractivity contribution in [3.8, 4) is 17.2 Å². The number of amides is 1. The second-order valence-electron chi connectivity index (χ2n) is 6.99. The van der Waals surface area contributed by atoms with Crippen LogP contribution in [0.25, 0.3) is 11.5 Å². The Morgan fingerprint density at radius 1 is 1.16 bits per heavy atom. The van der Waals surface area contributed by atoms with Crippen molar-refractivity contribution in [2.45, 2.75) is 20.4 Å². The van der Waals surface area contributed by atoms with Crippen LogP contribution < -0.4 is 10.1 Å². The highest BCUT2D eigenvalue weighted by molar-refractivity contribution is 6.42. The van der Waals surface area contributed by atoms with Gasteiger partial charge < -0.3 is 14.5 Å². The van der Waals surface area contributed by atoms with E-state index >= 15 is 0 Å². The van der Waals surface area contributed by atoms with E-state index in [0.29, 0.717) is 51.1 Å². The number of rotatable bonds is 6. The number of para-hydroxylation sites is 1. The quantitative estimate of drug-likeness (QED) is 0.416. The fourth-order valence-corrected chi connectivity index (χ4v) is 3.44. The predicted molar refractivity (Wildman–Crippen MR) is 122 cm³/mol. The van der Waals surface area contributed by atoms with Crippen LogP contribution in [0.2, 0.25) is 10.0 Å². The van der Waals surface area contributed by atoms with E-state index in [1.165, 1.54) is 0 Å². The van der Waals surface area contributed by atoms with Gasteiger partial charge in [0.2, 0.25) is 5.89 Å². The maximum atomic E-state index is 12.7. The van der Waals surface area contributed by atoms with E-state index in [1.807, 2.05) is 31.2 Å². The first kappa shape index (κ1) is 21.9. The molecule has 1 amide bonds. The Bertz CT molecular complexity index is 1300. The second-order valence-corrected chi connectivity index (χ2v) is 7.80. The molecule has 0 fully saturated rings. The average Bonchev–Trinajstić information content (AvgIpc) is 3.33. The number of nitrogens with zero attached hydrogens (tertiary/aromatic N) is 4. The van der Waals surface area contributed by atoms with E-state index < -0.39 is 5.91 Å². The van der Waals surface area contributed by atoms with Crippen LogP contribution in [0.1, 0.15) is 27.6 Å². The summed E-state index contributed by atoms with van der Waals surface area (Å²) in [5, 5.41) is 11.6. The van der Waals surface area contributed by atoms with Crippen molar-refractivity contribution in [3.05, 3.63) is 75.4 Å². The molecule has 164 valence electrons. The summed E-state index contributed by atoms with van der Waals surface area (Å²) in [6.07, 6.45) is 0. The van der Waals surface area contributed by atoms with Crippen LogP contribution in [-0.4, -0.2) is 33.0 Å². The van der Waals surface area contributed by atoms with Crippen molar-refractivity contribution in [2.24, 2.45) is 0 Å². The Balaban J connectivity index is 1.55. The Kier molecular flexibility index (Phi) is 6.16. The van der Waals surface area contributed by atoms with Crippen LogP contribution in [0.15, 0.2) is 46.9 Å². The van der Waals surface area contributed by atoms with Gasteiger partial charge in [0.05, 0.1) is 35.0 Å². The Hall–Kier alpha value is -3.36. The Morgan fingerprint density at radius 2 is 1.94 bits per heavy atom. The summed E-state index contributed by atoms with van der Waals surface area (Å²) in [5.41, 5.74) is 2.72. The topological polar surface area (TPSA) is 95.1 Å². The van der Waals surface area contributed by atoms with Gasteiger partial charge >= 0.3 is 0 Å². The molecule has 0 atom stereocenters. The van der Waals surface area contributed by atoms with E-state index in [9.17, 15) is 4.79 Å². The van der Waals surface area contributed by atoms with Crippen molar-refractivity contribution in [1.29, 1.82) is 0 Å². The summed E-state index contributed by atoms with van der Waals surface area (Å²) >= 11 is 11.9. The van der Waals surface area contributed by atoms with Crippen LogP contribution in [0.5, 0.6) is 5.75 Å². The third kappa shape index (κ3) is 4.32. The minimum atomic E-state index is -0.404. The molecular weight excluding hydrogens is 453 g/mol. The number of halogens is 2. The smallest absolute Gasteiger partial charge is 0.278 e. The number of aromatic nitrogens is 4. The third-order valence-electron chi connectivity index (χ3n) is 4.90. The van der Waals surface area contributed by atoms with Crippen LogP contribution in [-0.2, 0) is 6.54 Å². The fraction of sp³-hybridized carbons (Fsp3) is 0.182. The number of oxazole rings is 1. The Labute approximate surface area is 194 Å². The van der Waals surface area contributed by atoms with Gasteiger partial charge in [0.15, 0.2) is 5.69 Å². The molecule has 2 aromatic heterocycles. The molecular formula is C22H19Cl2N5O3. The number of anilines is 1. The summed E-state index contributed by atoms with van der Waals surface area (Å²) in [6.45, 7) is 3.88. The lowest BCUT2D eigenvalue weighted by molar-refractivity contribution is 0.102. The van der Waals surface area contributed by atoms with Gasteiger partial charge in [-0.1, -0.05) is 40.5 Å². The number of methoxy groups -OCH3 is 1. The number of ether oxygens (including phenoxy) is 1. The molecule has 32 heavy (non-hydrogen) atoms. The number of hydrogen-bond donors (Lipinski definition) is 1. The molecule has 0 aliphatic carbocycles. The molecule has 0 radical (unpaired) electrons. The molecule has 4 rings (SSSR count). The van der Waals surface area contributed by atoms with Crippen LogP contribution >= 0.6 is 23.2 Å². The number of aryl methyl sites for hydroxylation is 1.